The van der Waals surface area contributed by atoms with Crippen molar-refractivity contribution in [3.63, 3.8) is 0 Å². The van der Waals surface area contributed by atoms with Gasteiger partial charge in [0.1, 0.15) is 17.9 Å². The molecule has 1 aromatic rings. The van der Waals surface area contributed by atoms with E-state index in [1.54, 1.807) is 38.1 Å². The van der Waals surface area contributed by atoms with Crippen LogP contribution in [-0.4, -0.2) is 31.8 Å². The Morgan fingerprint density at radius 1 is 0.958 bits per heavy atom. The van der Waals surface area contributed by atoms with Crippen molar-refractivity contribution in [3.8, 4) is 5.75 Å². The van der Waals surface area contributed by atoms with Gasteiger partial charge in [0.2, 0.25) is 0 Å². The van der Waals surface area contributed by atoms with Crippen LogP contribution in [0.4, 0.5) is 0 Å². The van der Waals surface area contributed by atoms with Crippen LogP contribution in [0, 0.1) is 0 Å². The summed E-state index contributed by atoms with van der Waals surface area (Å²) >= 11 is 0. The molecule has 0 aliphatic rings. The summed E-state index contributed by atoms with van der Waals surface area (Å²) in [7, 11) is 0. The maximum Gasteiger partial charge on any atom is 0.345 e. The summed E-state index contributed by atoms with van der Waals surface area (Å²) in [5, 5.41) is 0. The normalized spacial score (nSPS) is 9.67. The van der Waals surface area contributed by atoms with E-state index in [4.69, 9.17) is 14.2 Å². The van der Waals surface area contributed by atoms with Gasteiger partial charge in [-0.3, -0.25) is 0 Å². The molecule has 0 N–H and O–H groups in total. The lowest BCUT2D eigenvalue weighted by Gasteiger charge is -2.07. The smallest absolute Gasteiger partial charge is 0.345 e. The van der Waals surface area contributed by atoms with Crippen molar-refractivity contribution in [1.82, 2.24) is 0 Å². The Kier molecular flexibility index (Phi) is 8.33. The highest BCUT2D eigenvalue weighted by Gasteiger charge is 2.20. The third-order valence-electron chi connectivity index (χ3n) is 2.92. The fourth-order valence-corrected chi connectivity index (χ4v) is 1.75. The molecule has 0 aliphatic carbocycles. The quantitative estimate of drug-likeness (QED) is 0.239. The predicted molar refractivity (Wildman–Crippen MR) is 92.6 cm³/mol. The molecule has 0 saturated heterocycles. The first-order valence-electron chi connectivity index (χ1n) is 7.90. The summed E-state index contributed by atoms with van der Waals surface area (Å²) in [4.78, 5) is 23.8. The van der Waals surface area contributed by atoms with Gasteiger partial charge in [0, 0.05) is 0 Å². The fraction of sp³-hybridized carbons (Fsp3) is 0.368. The molecule has 0 amide bonds. The highest BCUT2D eigenvalue weighted by molar-refractivity contribution is 6.17. The van der Waals surface area contributed by atoms with E-state index in [1.165, 1.54) is 11.6 Å². The number of hydrogen-bond donors (Lipinski definition) is 0. The Morgan fingerprint density at radius 3 is 1.96 bits per heavy atom. The van der Waals surface area contributed by atoms with Crippen molar-refractivity contribution in [1.29, 1.82) is 0 Å². The molecule has 0 spiro atoms. The summed E-state index contributed by atoms with van der Waals surface area (Å²) in [6.07, 6.45) is 3.43. The molecule has 0 atom stereocenters. The molecule has 0 bridgehead atoms. The predicted octanol–water partition coefficient (Wildman–Crippen LogP) is 3.54. The van der Waals surface area contributed by atoms with Crippen molar-refractivity contribution in [2.75, 3.05) is 19.8 Å². The molecule has 0 aliphatic heterocycles. The van der Waals surface area contributed by atoms with Gasteiger partial charge in [-0.1, -0.05) is 17.7 Å². The van der Waals surface area contributed by atoms with E-state index in [-0.39, 0.29) is 18.8 Å². The minimum Gasteiger partial charge on any atom is -0.490 e. The monoisotopic (exact) mass is 332 g/mol. The summed E-state index contributed by atoms with van der Waals surface area (Å²) in [5.74, 6) is -0.682. The van der Waals surface area contributed by atoms with Crippen LogP contribution < -0.4 is 4.74 Å². The SMILES string of the molecule is CCOC(=O)C(=Cc1ccc(OCC=C(C)C)cc1)C(=O)OCC. The third-order valence-corrected chi connectivity index (χ3v) is 2.92. The van der Waals surface area contributed by atoms with Gasteiger partial charge < -0.3 is 14.2 Å². The maximum absolute atomic E-state index is 11.9. The molecular formula is C19H24O5. The van der Waals surface area contributed by atoms with E-state index in [0.717, 1.165) is 0 Å². The average Bonchev–Trinajstić information content (AvgIpc) is 2.54. The molecule has 5 nitrogen and oxygen atoms in total. The van der Waals surface area contributed by atoms with E-state index in [9.17, 15) is 9.59 Å². The van der Waals surface area contributed by atoms with E-state index in [0.29, 0.717) is 17.9 Å². The van der Waals surface area contributed by atoms with Crippen molar-refractivity contribution in [2.45, 2.75) is 27.7 Å². The second-order valence-corrected chi connectivity index (χ2v) is 5.16. The summed E-state index contributed by atoms with van der Waals surface area (Å²) in [6, 6.07) is 7.07. The van der Waals surface area contributed by atoms with Crippen molar-refractivity contribution in [3.05, 3.63) is 47.1 Å². The molecule has 0 fully saturated rings. The number of esters is 2. The highest BCUT2D eigenvalue weighted by atomic mass is 16.6. The first-order valence-corrected chi connectivity index (χ1v) is 7.90. The number of ether oxygens (including phenoxy) is 3. The zero-order chi connectivity index (χ0) is 17.9. The molecular weight excluding hydrogens is 308 g/mol. The van der Waals surface area contributed by atoms with E-state index in [2.05, 4.69) is 0 Å². The standard InChI is InChI=1S/C19H24O5/c1-5-22-18(20)17(19(21)23-6-2)13-15-7-9-16(10-8-15)24-12-11-14(3)4/h7-11,13H,5-6,12H2,1-4H3. The van der Waals surface area contributed by atoms with Crippen LogP contribution in [-0.2, 0) is 19.1 Å². The molecule has 130 valence electrons. The first kappa shape index (κ1) is 19.5. The molecule has 5 heteroatoms. The van der Waals surface area contributed by atoms with Crippen LogP contribution in [0.1, 0.15) is 33.3 Å². The van der Waals surface area contributed by atoms with Crippen molar-refractivity contribution in [2.24, 2.45) is 0 Å². The fourth-order valence-electron chi connectivity index (χ4n) is 1.75. The summed E-state index contributed by atoms with van der Waals surface area (Å²) in [6.45, 7) is 8.24. The molecule has 0 heterocycles. The molecule has 0 unspecified atom stereocenters. The second kappa shape index (κ2) is 10.3. The van der Waals surface area contributed by atoms with Gasteiger partial charge in [-0.15, -0.1) is 0 Å². The van der Waals surface area contributed by atoms with E-state index < -0.39 is 11.9 Å². The topological polar surface area (TPSA) is 61.8 Å². The summed E-state index contributed by atoms with van der Waals surface area (Å²) < 4.78 is 15.4. The molecule has 0 saturated carbocycles. The minimum absolute atomic E-state index is 0.128. The van der Waals surface area contributed by atoms with Crippen LogP contribution in [0.15, 0.2) is 41.5 Å². The molecule has 24 heavy (non-hydrogen) atoms. The van der Waals surface area contributed by atoms with Gasteiger partial charge in [-0.05, 0) is 57.5 Å². The second-order valence-electron chi connectivity index (χ2n) is 5.16. The van der Waals surface area contributed by atoms with Crippen LogP contribution in [0.2, 0.25) is 0 Å². The summed E-state index contributed by atoms with van der Waals surface area (Å²) in [5.41, 5.74) is 1.74. The lowest BCUT2D eigenvalue weighted by molar-refractivity contribution is -0.146. The lowest BCUT2D eigenvalue weighted by atomic mass is 10.1. The molecule has 1 aromatic carbocycles. The number of carbonyl (C=O) groups excluding carboxylic acids is 2. The first-order chi connectivity index (χ1) is 11.5. The van der Waals surface area contributed by atoms with Crippen LogP contribution in [0.3, 0.4) is 0 Å². The highest BCUT2D eigenvalue weighted by Crippen LogP contribution is 2.16. The molecule has 0 aromatic heterocycles. The van der Waals surface area contributed by atoms with E-state index in [1.807, 2.05) is 19.9 Å². The zero-order valence-electron chi connectivity index (χ0n) is 14.6. The number of carbonyl (C=O) groups is 2. The number of allylic oxidation sites excluding steroid dienone is 1. The van der Waals surface area contributed by atoms with Gasteiger partial charge in [0.25, 0.3) is 0 Å². The van der Waals surface area contributed by atoms with Crippen LogP contribution in [0.5, 0.6) is 5.75 Å². The Bertz CT molecular complexity index is 587. The third kappa shape index (κ3) is 6.69. The lowest BCUT2D eigenvalue weighted by Crippen LogP contribution is -2.18. The Morgan fingerprint density at radius 2 is 1.50 bits per heavy atom. The van der Waals surface area contributed by atoms with Gasteiger partial charge in [-0.25, -0.2) is 9.59 Å². The van der Waals surface area contributed by atoms with Gasteiger partial charge in [0.05, 0.1) is 13.2 Å². The largest absolute Gasteiger partial charge is 0.490 e. The molecule has 0 radical (unpaired) electrons. The molecule has 1 rings (SSSR count). The Labute approximate surface area is 142 Å². The van der Waals surface area contributed by atoms with Gasteiger partial charge in [0.15, 0.2) is 0 Å². The van der Waals surface area contributed by atoms with Crippen LogP contribution in [0.25, 0.3) is 6.08 Å². The number of rotatable bonds is 8. The zero-order valence-corrected chi connectivity index (χ0v) is 14.6. The van der Waals surface area contributed by atoms with Gasteiger partial charge >= 0.3 is 11.9 Å². The average molecular weight is 332 g/mol. The maximum atomic E-state index is 11.9. The van der Waals surface area contributed by atoms with E-state index >= 15 is 0 Å². The van der Waals surface area contributed by atoms with Crippen molar-refractivity contribution < 1.29 is 23.8 Å². The van der Waals surface area contributed by atoms with Crippen molar-refractivity contribution >= 4 is 18.0 Å². The number of benzene rings is 1. The Balaban J connectivity index is 2.90. The Hall–Kier alpha value is -2.56. The minimum atomic E-state index is -0.695. The van der Waals surface area contributed by atoms with Gasteiger partial charge in [-0.2, -0.15) is 0 Å². The van der Waals surface area contributed by atoms with Crippen LogP contribution >= 0.6 is 0 Å². The number of hydrogen-bond acceptors (Lipinski definition) is 5.